The number of carbonyl (C=O) groups excluding carboxylic acids is 3. The van der Waals surface area contributed by atoms with Crippen LogP contribution in [0, 0.1) is 0 Å². The first-order valence-electron chi connectivity index (χ1n) is 5.73. The van der Waals surface area contributed by atoms with Crippen LogP contribution in [0.3, 0.4) is 0 Å². The molecule has 0 saturated heterocycles. The maximum absolute atomic E-state index is 11.7. The molecule has 0 aromatic carbocycles. The number of nitrogens with zero attached hydrogens (tertiary/aromatic N) is 1. The van der Waals surface area contributed by atoms with Crippen LogP contribution in [0.2, 0.25) is 5.15 Å². The van der Waals surface area contributed by atoms with Gasteiger partial charge in [0, 0.05) is 6.20 Å². The summed E-state index contributed by atoms with van der Waals surface area (Å²) in [5.74, 6) is -2.04. The zero-order valence-electron chi connectivity index (χ0n) is 10.5. The van der Waals surface area contributed by atoms with Crippen molar-refractivity contribution in [3.8, 4) is 0 Å². The van der Waals surface area contributed by atoms with E-state index in [2.05, 4.69) is 10.3 Å². The summed E-state index contributed by atoms with van der Waals surface area (Å²) in [4.78, 5) is 38.9. The average molecular weight is 325 g/mol. The van der Waals surface area contributed by atoms with E-state index in [0.717, 1.165) is 0 Å². The predicted octanol–water partition coefficient (Wildman–Crippen LogP) is 1.91. The third-order valence-electron chi connectivity index (χ3n) is 2.31. The van der Waals surface area contributed by atoms with E-state index in [4.69, 9.17) is 16.3 Å². The summed E-state index contributed by atoms with van der Waals surface area (Å²) >= 11 is 6.92. The van der Waals surface area contributed by atoms with Gasteiger partial charge in [0.25, 0.3) is 11.8 Å². The van der Waals surface area contributed by atoms with Crippen LogP contribution in [0.25, 0.3) is 0 Å². The number of ether oxygens (including phenoxy) is 1. The Balaban J connectivity index is 1.86. The van der Waals surface area contributed by atoms with Gasteiger partial charge in [-0.1, -0.05) is 17.7 Å². The molecular formula is C13H9ClN2O4S. The SMILES string of the molecule is O=C(COC(=O)c1cccnc1Cl)NC(=O)c1cccs1. The van der Waals surface area contributed by atoms with E-state index in [1.165, 1.54) is 29.7 Å². The van der Waals surface area contributed by atoms with Crippen LogP contribution in [0.4, 0.5) is 0 Å². The lowest BCUT2D eigenvalue weighted by Gasteiger charge is -2.05. The van der Waals surface area contributed by atoms with E-state index in [9.17, 15) is 14.4 Å². The maximum atomic E-state index is 11.7. The Bertz CT molecular complexity index is 673. The fourth-order valence-electron chi connectivity index (χ4n) is 1.38. The zero-order valence-corrected chi connectivity index (χ0v) is 12.1. The lowest BCUT2D eigenvalue weighted by atomic mass is 10.3. The molecule has 0 radical (unpaired) electrons. The number of hydrogen-bond donors (Lipinski definition) is 1. The van der Waals surface area contributed by atoms with Gasteiger partial charge in [-0.15, -0.1) is 11.3 Å². The summed E-state index contributed by atoms with van der Waals surface area (Å²) in [5, 5.41) is 3.81. The van der Waals surface area contributed by atoms with Gasteiger partial charge in [-0.05, 0) is 23.6 Å². The van der Waals surface area contributed by atoms with Crippen molar-refractivity contribution in [2.24, 2.45) is 0 Å². The quantitative estimate of drug-likeness (QED) is 0.686. The van der Waals surface area contributed by atoms with Crippen molar-refractivity contribution in [2.75, 3.05) is 6.61 Å². The summed E-state index contributed by atoms with van der Waals surface area (Å²) in [7, 11) is 0. The standard InChI is InChI=1S/C13H9ClN2O4S/c14-11-8(3-1-5-15-11)13(19)20-7-10(17)16-12(18)9-4-2-6-21-9/h1-6H,7H2,(H,16,17,18). The summed E-state index contributed by atoms with van der Waals surface area (Å²) in [6.45, 7) is -0.582. The molecule has 2 aromatic rings. The number of esters is 1. The molecule has 2 amide bonds. The van der Waals surface area contributed by atoms with E-state index in [1.807, 2.05) is 0 Å². The largest absolute Gasteiger partial charge is 0.452 e. The first kappa shape index (κ1) is 15.1. The highest BCUT2D eigenvalue weighted by atomic mass is 35.5. The van der Waals surface area contributed by atoms with Crippen LogP contribution in [0.5, 0.6) is 0 Å². The van der Waals surface area contributed by atoms with Gasteiger partial charge in [0.15, 0.2) is 6.61 Å². The van der Waals surface area contributed by atoms with Crippen LogP contribution in [0.15, 0.2) is 35.8 Å². The fourth-order valence-corrected chi connectivity index (χ4v) is 2.19. The molecular weight excluding hydrogens is 316 g/mol. The molecule has 0 aliphatic rings. The molecule has 0 aliphatic heterocycles. The lowest BCUT2D eigenvalue weighted by Crippen LogP contribution is -2.33. The minimum Gasteiger partial charge on any atom is -0.452 e. The highest BCUT2D eigenvalue weighted by molar-refractivity contribution is 7.12. The molecule has 21 heavy (non-hydrogen) atoms. The Hall–Kier alpha value is -2.25. The van der Waals surface area contributed by atoms with Gasteiger partial charge in [0.05, 0.1) is 10.4 Å². The van der Waals surface area contributed by atoms with E-state index < -0.39 is 24.4 Å². The van der Waals surface area contributed by atoms with Gasteiger partial charge >= 0.3 is 5.97 Å². The minimum absolute atomic E-state index is 0.0161. The number of pyridine rings is 1. The molecule has 0 saturated carbocycles. The van der Waals surface area contributed by atoms with Crippen molar-refractivity contribution in [3.63, 3.8) is 0 Å². The second-order valence-corrected chi connectivity index (χ2v) is 5.08. The monoisotopic (exact) mass is 324 g/mol. The van der Waals surface area contributed by atoms with Gasteiger partial charge in [0.2, 0.25) is 0 Å². The molecule has 1 N–H and O–H groups in total. The molecule has 2 rings (SSSR count). The van der Waals surface area contributed by atoms with Crippen LogP contribution in [0.1, 0.15) is 20.0 Å². The Kier molecular flexibility index (Phi) is 5.02. The first-order chi connectivity index (χ1) is 10.1. The third-order valence-corrected chi connectivity index (χ3v) is 3.48. The van der Waals surface area contributed by atoms with Crippen molar-refractivity contribution < 1.29 is 19.1 Å². The van der Waals surface area contributed by atoms with Gasteiger partial charge in [-0.3, -0.25) is 14.9 Å². The molecule has 2 aromatic heterocycles. The molecule has 0 unspecified atom stereocenters. The summed E-state index contributed by atoms with van der Waals surface area (Å²) in [6, 6.07) is 6.21. The van der Waals surface area contributed by atoms with Crippen LogP contribution >= 0.6 is 22.9 Å². The lowest BCUT2D eigenvalue weighted by molar-refractivity contribution is -0.123. The number of imide groups is 1. The maximum Gasteiger partial charge on any atom is 0.341 e. The molecule has 0 spiro atoms. The van der Waals surface area contributed by atoms with E-state index in [0.29, 0.717) is 4.88 Å². The molecule has 0 aliphatic carbocycles. The predicted molar refractivity (Wildman–Crippen MR) is 76.3 cm³/mol. The van der Waals surface area contributed by atoms with Crippen molar-refractivity contribution in [1.82, 2.24) is 10.3 Å². The molecule has 0 bridgehead atoms. The molecule has 0 fully saturated rings. The van der Waals surface area contributed by atoms with E-state index >= 15 is 0 Å². The van der Waals surface area contributed by atoms with Crippen LogP contribution in [-0.2, 0) is 9.53 Å². The molecule has 0 atom stereocenters. The highest BCUT2D eigenvalue weighted by Gasteiger charge is 2.16. The molecule has 108 valence electrons. The van der Waals surface area contributed by atoms with Gasteiger partial charge < -0.3 is 4.74 Å². The van der Waals surface area contributed by atoms with Crippen LogP contribution < -0.4 is 5.32 Å². The topological polar surface area (TPSA) is 85.4 Å². The number of halogens is 1. The van der Waals surface area contributed by atoms with Crippen molar-refractivity contribution >= 4 is 40.7 Å². The highest BCUT2D eigenvalue weighted by Crippen LogP contribution is 2.12. The fraction of sp³-hybridized carbons (Fsp3) is 0.0769. The van der Waals surface area contributed by atoms with Gasteiger partial charge in [0.1, 0.15) is 5.15 Å². The number of aromatic nitrogens is 1. The zero-order chi connectivity index (χ0) is 15.2. The Morgan fingerprint density at radius 2 is 2.10 bits per heavy atom. The number of thiophene rings is 1. The Morgan fingerprint density at radius 1 is 1.29 bits per heavy atom. The van der Waals surface area contributed by atoms with E-state index in [1.54, 1.807) is 17.5 Å². The molecule has 6 nitrogen and oxygen atoms in total. The minimum atomic E-state index is -0.785. The number of nitrogens with one attached hydrogen (secondary N) is 1. The van der Waals surface area contributed by atoms with Crippen molar-refractivity contribution in [3.05, 3.63) is 51.4 Å². The summed E-state index contributed by atoms with van der Waals surface area (Å²) in [6.07, 6.45) is 1.42. The smallest absolute Gasteiger partial charge is 0.341 e. The van der Waals surface area contributed by atoms with Crippen LogP contribution in [-0.4, -0.2) is 29.4 Å². The van der Waals surface area contributed by atoms with E-state index in [-0.39, 0.29) is 10.7 Å². The van der Waals surface area contributed by atoms with Crippen molar-refractivity contribution in [2.45, 2.75) is 0 Å². The summed E-state index contributed by atoms with van der Waals surface area (Å²) < 4.78 is 4.76. The van der Waals surface area contributed by atoms with Gasteiger partial charge in [-0.25, -0.2) is 9.78 Å². The summed E-state index contributed by atoms with van der Waals surface area (Å²) in [5.41, 5.74) is 0.0524. The number of hydrogen-bond acceptors (Lipinski definition) is 6. The molecule has 8 heteroatoms. The first-order valence-corrected chi connectivity index (χ1v) is 6.99. The van der Waals surface area contributed by atoms with Crippen molar-refractivity contribution in [1.29, 1.82) is 0 Å². The third kappa shape index (κ3) is 4.11. The second-order valence-electron chi connectivity index (χ2n) is 3.77. The molecule has 2 heterocycles. The average Bonchev–Trinajstić information content (AvgIpc) is 2.99. The Labute approximate surface area is 128 Å². The number of amides is 2. The number of carbonyl (C=O) groups is 3. The Morgan fingerprint density at radius 3 is 2.76 bits per heavy atom. The number of rotatable bonds is 4. The van der Waals surface area contributed by atoms with Gasteiger partial charge in [-0.2, -0.15) is 0 Å². The normalized spacial score (nSPS) is 9.95. The second kappa shape index (κ2) is 6.96.